The second-order valence-electron chi connectivity index (χ2n) is 3.95. The molecule has 0 aromatic rings. The molecule has 0 rings (SSSR count). The van der Waals surface area contributed by atoms with Crippen molar-refractivity contribution in [1.82, 2.24) is 0 Å². The summed E-state index contributed by atoms with van der Waals surface area (Å²) in [4.78, 5) is 0. The van der Waals surface area contributed by atoms with Gasteiger partial charge in [-0.25, -0.2) is 0 Å². The molecule has 0 aromatic carbocycles. The predicted octanol–water partition coefficient (Wildman–Crippen LogP) is 2.48. The Labute approximate surface area is 83.8 Å². The molecule has 1 unspecified atom stereocenters. The Bertz CT molecular complexity index is 205. The van der Waals surface area contributed by atoms with Gasteiger partial charge in [-0.2, -0.15) is 5.26 Å². The maximum absolute atomic E-state index is 11.2. The van der Waals surface area contributed by atoms with Crippen molar-refractivity contribution in [2.75, 3.05) is 11.5 Å². The van der Waals surface area contributed by atoms with E-state index in [-0.39, 0.29) is 5.41 Å². The molecule has 0 saturated heterocycles. The molecule has 0 aliphatic carbocycles. The standard InChI is InChI=1S/C10H19NOS/c1-4-7-13(12)8-5-6-10(2,3)9-11/h4-8H2,1-3H3. The summed E-state index contributed by atoms with van der Waals surface area (Å²) in [7, 11) is -0.666. The maximum Gasteiger partial charge on any atom is 0.0683 e. The summed E-state index contributed by atoms with van der Waals surface area (Å²) in [5, 5.41) is 8.74. The Morgan fingerprint density at radius 1 is 1.38 bits per heavy atom. The third-order valence-electron chi connectivity index (χ3n) is 1.91. The lowest BCUT2D eigenvalue weighted by Gasteiger charge is -2.13. The molecule has 0 aliphatic heterocycles. The zero-order valence-electron chi connectivity index (χ0n) is 8.80. The Morgan fingerprint density at radius 3 is 2.46 bits per heavy atom. The predicted molar refractivity (Wildman–Crippen MR) is 56.8 cm³/mol. The van der Waals surface area contributed by atoms with E-state index in [1.807, 2.05) is 20.8 Å². The third kappa shape index (κ3) is 6.77. The molecule has 0 fully saturated rings. The minimum absolute atomic E-state index is 0.254. The molecule has 0 bridgehead atoms. The Morgan fingerprint density at radius 2 is 2.00 bits per heavy atom. The van der Waals surface area contributed by atoms with Gasteiger partial charge < -0.3 is 0 Å². The lowest BCUT2D eigenvalue weighted by molar-refractivity contribution is 0.447. The first-order chi connectivity index (χ1) is 6.02. The van der Waals surface area contributed by atoms with Crippen LogP contribution in [-0.4, -0.2) is 15.7 Å². The average molecular weight is 201 g/mol. The van der Waals surface area contributed by atoms with Gasteiger partial charge in [-0.15, -0.1) is 0 Å². The van der Waals surface area contributed by atoms with Crippen LogP contribution < -0.4 is 0 Å². The van der Waals surface area contributed by atoms with Gasteiger partial charge in [0, 0.05) is 22.3 Å². The summed E-state index contributed by atoms with van der Waals surface area (Å²) in [5.41, 5.74) is -0.254. The Hall–Kier alpha value is -0.360. The maximum atomic E-state index is 11.2. The SMILES string of the molecule is CCCS(=O)CCCC(C)(C)C#N. The Balaban J connectivity index is 3.57. The largest absolute Gasteiger partial charge is 0.260 e. The van der Waals surface area contributed by atoms with E-state index in [2.05, 4.69) is 6.07 Å². The molecule has 0 radical (unpaired) electrons. The van der Waals surface area contributed by atoms with Crippen molar-refractivity contribution in [3.05, 3.63) is 0 Å². The fraction of sp³-hybridized carbons (Fsp3) is 0.900. The van der Waals surface area contributed by atoms with Gasteiger partial charge >= 0.3 is 0 Å². The van der Waals surface area contributed by atoms with Gasteiger partial charge in [0.15, 0.2) is 0 Å². The van der Waals surface area contributed by atoms with Crippen molar-refractivity contribution in [3.8, 4) is 6.07 Å². The topological polar surface area (TPSA) is 40.9 Å². The number of nitriles is 1. The Kier molecular flexibility index (Phi) is 5.98. The van der Waals surface area contributed by atoms with Gasteiger partial charge in [0.05, 0.1) is 11.5 Å². The highest BCUT2D eigenvalue weighted by molar-refractivity contribution is 7.84. The summed E-state index contributed by atoms with van der Waals surface area (Å²) in [6, 6.07) is 2.25. The zero-order chi connectivity index (χ0) is 10.3. The van der Waals surface area contributed by atoms with Crippen molar-refractivity contribution >= 4 is 10.8 Å². The molecule has 1 atom stereocenters. The highest BCUT2D eigenvalue weighted by Gasteiger charge is 2.15. The van der Waals surface area contributed by atoms with Gasteiger partial charge in [-0.1, -0.05) is 6.92 Å². The van der Waals surface area contributed by atoms with E-state index in [9.17, 15) is 4.21 Å². The summed E-state index contributed by atoms with van der Waals surface area (Å²) in [5.74, 6) is 1.55. The first-order valence-electron chi connectivity index (χ1n) is 4.78. The van der Waals surface area contributed by atoms with Crippen LogP contribution in [-0.2, 0) is 10.8 Å². The highest BCUT2D eigenvalue weighted by atomic mass is 32.2. The van der Waals surface area contributed by atoms with Gasteiger partial charge in [-0.3, -0.25) is 4.21 Å². The number of hydrogen-bond acceptors (Lipinski definition) is 2. The van der Waals surface area contributed by atoms with Crippen molar-refractivity contribution < 1.29 is 4.21 Å². The summed E-state index contributed by atoms with van der Waals surface area (Å²) in [6.07, 6.45) is 2.72. The molecule has 2 nitrogen and oxygen atoms in total. The van der Waals surface area contributed by atoms with Gasteiger partial charge in [-0.05, 0) is 33.1 Å². The second-order valence-corrected chi connectivity index (χ2v) is 5.64. The molecule has 0 amide bonds. The van der Waals surface area contributed by atoms with Gasteiger partial charge in [0.2, 0.25) is 0 Å². The summed E-state index contributed by atoms with van der Waals surface area (Å²) < 4.78 is 11.2. The van der Waals surface area contributed by atoms with Crippen LogP contribution >= 0.6 is 0 Å². The molecule has 0 N–H and O–H groups in total. The van der Waals surface area contributed by atoms with Crippen LogP contribution in [0.4, 0.5) is 0 Å². The molecule has 13 heavy (non-hydrogen) atoms. The van der Waals surface area contributed by atoms with Crippen LogP contribution in [0.5, 0.6) is 0 Å². The van der Waals surface area contributed by atoms with Crippen LogP contribution in [0.1, 0.15) is 40.0 Å². The number of rotatable bonds is 6. The van der Waals surface area contributed by atoms with Crippen LogP contribution in [0.25, 0.3) is 0 Å². The summed E-state index contributed by atoms with van der Waals surface area (Å²) >= 11 is 0. The van der Waals surface area contributed by atoms with Crippen molar-refractivity contribution in [3.63, 3.8) is 0 Å². The highest BCUT2D eigenvalue weighted by Crippen LogP contribution is 2.20. The molecule has 0 aliphatic rings. The number of nitrogens with zero attached hydrogens (tertiary/aromatic N) is 1. The lowest BCUT2D eigenvalue weighted by Crippen LogP contribution is -2.10. The van der Waals surface area contributed by atoms with Gasteiger partial charge in [0.1, 0.15) is 0 Å². The van der Waals surface area contributed by atoms with Crippen LogP contribution in [0, 0.1) is 16.7 Å². The molecule has 0 heterocycles. The van der Waals surface area contributed by atoms with E-state index in [0.29, 0.717) is 0 Å². The van der Waals surface area contributed by atoms with Crippen molar-refractivity contribution in [1.29, 1.82) is 5.26 Å². The van der Waals surface area contributed by atoms with Crippen LogP contribution in [0.2, 0.25) is 0 Å². The molecular formula is C10H19NOS. The average Bonchev–Trinajstić information content (AvgIpc) is 2.05. The lowest BCUT2D eigenvalue weighted by atomic mass is 9.90. The number of hydrogen-bond donors (Lipinski definition) is 0. The first-order valence-corrected chi connectivity index (χ1v) is 6.27. The quantitative estimate of drug-likeness (QED) is 0.662. The monoisotopic (exact) mass is 201 g/mol. The minimum Gasteiger partial charge on any atom is -0.260 e. The molecule has 76 valence electrons. The van der Waals surface area contributed by atoms with E-state index in [1.54, 1.807) is 0 Å². The fourth-order valence-corrected chi connectivity index (χ4v) is 2.19. The molecule has 0 saturated carbocycles. The molecule has 0 aromatic heterocycles. The normalized spacial score (nSPS) is 13.7. The van der Waals surface area contributed by atoms with Gasteiger partial charge in [0.25, 0.3) is 0 Å². The smallest absolute Gasteiger partial charge is 0.0683 e. The van der Waals surface area contributed by atoms with E-state index >= 15 is 0 Å². The second kappa shape index (κ2) is 6.15. The summed E-state index contributed by atoms with van der Waals surface area (Å²) in [6.45, 7) is 5.89. The molecule has 3 heteroatoms. The minimum atomic E-state index is -0.666. The first kappa shape index (κ1) is 12.6. The van der Waals surface area contributed by atoms with Crippen molar-refractivity contribution in [2.45, 2.75) is 40.0 Å². The van der Waals surface area contributed by atoms with E-state index in [1.165, 1.54) is 0 Å². The molecule has 0 spiro atoms. The van der Waals surface area contributed by atoms with E-state index in [0.717, 1.165) is 30.8 Å². The zero-order valence-corrected chi connectivity index (χ0v) is 9.62. The van der Waals surface area contributed by atoms with E-state index < -0.39 is 10.8 Å². The van der Waals surface area contributed by atoms with Crippen LogP contribution in [0.15, 0.2) is 0 Å². The van der Waals surface area contributed by atoms with Crippen molar-refractivity contribution in [2.24, 2.45) is 5.41 Å². The van der Waals surface area contributed by atoms with E-state index in [4.69, 9.17) is 5.26 Å². The third-order valence-corrected chi connectivity index (χ3v) is 3.52. The molecular weight excluding hydrogens is 182 g/mol. The fourth-order valence-electron chi connectivity index (χ4n) is 1.06. The van der Waals surface area contributed by atoms with Crippen LogP contribution in [0.3, 0.4) is 0 Å².